The summed E-state index contributed by atoms with van der Waals surface area (Å²) < 4.78 is 6.44. The van der Waals surface area contributed by atoms with Crippen LogP contribution in [0, 0.1) is 11.3 Å². The van der Waals surface area contributed by atoms with Gasteiger partial charge < -0.3 is 10.1 Å². The molecule has 1 atom stereocenters. The normalized spacial score (nSPS) is 19.7. The van der Waals surface area contributed by atoms with Gasteiger partial charge in [0.05, 0.1) is 18.9 Å². The molecule has 1 N–H and O–H groups in total. The Hall–Kier alpha value is -1.99. The van der Waals surface area contributed by atoms with Crippen LogP contribution < -0.4 is 10.1 Å². The van der Waals surface area contributed by atoms with Crippen molar-refractivity contribution in [2.75, 3.05) is 12.4 Å². The van der Waals surface area contributed by atoms with Crippen molar-refractivity contribution in [2.45, 2.75) is 18.4 Å². The van der Waals surface area contributed by atoms with E-state index in [1.807, 2.05) is 42.5 Å². The van der Waals surface area contributed by atoms with Gasteiger partial charge in [0.2, 0.25) is 0 Å². The van der Waals surface area contributed by atoms with Gasteiger partial charge in [-0.1, -0.05) is 40.2 Å². The van der Waals surface area contributed by atoms with Gasteiger partial charge in [0.15, 0.2) is 5.54 Å². The first-order valence-corrected chi connectivity index (χ1v) is 7.60. The number of benzene rings is 2. The quantitative estimate of drug-likeness (QED) is 0.907. The largest absolute Gasteiger partial charge is 0.495 e. The highest BCUT2D eigenvalue weighted by Gasteiger charge is 2.40. The lowest BCUT2D eigenvalue weighted by Crippen LogP contribution is -2.31. The van der Waals surface area contributed by atoms with Gasteiger partial charge in [-0.25, -0.2) is 0 Å². The van der Waals surface area contributed by atoms with Crippen LogP contribution in [-0.4, -0.2) is 7.11 Å². The third-order valence-electron chi connectivity index (χ3n) is 3.97. The molecule has 0 radical (unpaired) electrons. The van der Waals surface area contributed by atoms with Gasteiger partial charge in [-0.2, -0.15) is 5.26 Å². The van der Waals surface area contributed by atoms with Crippen molar-refractivity contribution in [3.8, 4) is 11.8 Å². The number of anilines is 1. The second-order valence-corrected chi connectivity index (χ2v) is 5.96. The summed E-state index contributed by atoms with van der Waals surface area (Å²) in [5, 5.41) is 13.2. The molecule has 2 aromatic carbocycles. The predicted molar refractivity (Wildman–Crippen MR) is 86.4 cm³/mol. The summed E-state index contributed by atoms with van der Waals surface area (Å²) in [6, 6.07) is 16.2. The lowest BCUT2D eigenvalue weighted by molar-refractivity contribution is 0.415. The second kappa shape index (κ2) is 5.42. The fourth-order valence-corrected chi connectivity index (χ4v) is 3.48. The molecule has 3 rings (SSSR count). The summed E-state index contributed by atoms with van der Waals surface area (Å²) in [4.78, 5) is 0. The zero-order valence-corrected chi connectivity index (χ0v) is 13.3. The number of fused-ring (bicyclic) bond motifs is 1. The number of hydrogen-bond acceptors (Lipinski definition) is 3. The third kappa shape index (κ3) is 2.28. The number of rotatable bonds is 3. The van der Waals surface area contributed by atoms with Crippen LogP contribution >= 0.6 is 15.9 Å². The third-order valence-corrected chi connectivity index (χ3v) is 4.72. The molecule has 4 heteroatoms. The first-order valence-electron chi connectivity index (χ1n) is 6.80. The van der Waals surface area contributed by atoms with E-state index in [4.69, 9.17) is 4.74 Å². The van der Waals surface area contributed by atoms with Crippen LogP contribution in [0.2, 0.25) is 0 Å². The molecule has 106 valence electrons. The van der Waals surface area contributed by atoms with Gasteiger partial charge in [0.25, 0.3) is 0 Å². The minimum Gasteiger partial charge on any atom is -0.495 e. The second-order valence-electron chi connectivity index (χ2n) is 5.11. The molecule has 21 heavy (non-hydrogen) atoms. The highest BCUT2D eigenvalue weighted by Crippen LogP contribution is 2.43. The zero-order chi connectivity index (χ0) is 14.9. The topological polar surface area (TPSA) is 45.0 Å². The number of halogens is 1. The minimum absolute atomic E-state index is 0.701. The first-order chi connectivity index (χ1) is 10.2. The molecule has 1 aliphatic carbocycles. The molecule has 0 amide bonds. The Balaban J connectivity index is 2.05. The Morgan fingerprint density at radius 1 is 1.24 bits per heavy atom. The summed E-state index contributed by atoms with van der Waals surface area (Å²) in [6.45, 7) is 0. The number of nitrogens with zero attached hydrogens (tertiary/aromatic N) is 1. The van der Waals surface area contributed by atoms with E-state index in [9.17, 15) is 5.26 Å². The Bertz CT molecular complexity index is 723. The number of methoxy groups -OCH3 is 1. The monoisotopic (exact) mass is 342 g/mol. The molecule has 0 aromatic heterocycles. The molecule has 0 heterocycles. The van der Waals surface area contributed by atoms with Crippen LogP contribution in [-0.2, 0) is 12.0 Å². The summed E-state index contributed by atoms with van der Waals surface area (Å²) in [6.07, 6.45) is 1.63. The van der Waals surface area contributed by atoms with Crippen molar-refractivity contribution in [1.82, 2.24) is 0 Å². The molecule has 0 fully saturated rings. The van der Waals surface area contributed by atoms with E-state index in [0.717, 1.165) is 34.3 Å². The molecule has 3 nitrogen and oxygen atoms in total. The average Bonchev–Trinajstić information content (AvgIpc) is 2.89. The molecular weight excluding hydrogens is 328 g/mol. The average molecular weight is 343 g/mol. The van der Waals surface area contributed by atoms with Gasteiger partial charge in [-0.3, -0.25) is 0 Å². The van der Waals surface area contributed by atoms with E-state index in [1.165, 1.54) is 5.56 Å². The fourth-order valence-electron chi connectivity index (χ4n) is 2.91. The molecular formula is C17H15BrN2O. The van der Waals surface area contributed by atoms with Gasteiger partial charge in [-0.15, -0.1) is 0 Å². The Morgan fingerprint density at radius 2 is 2.05 bits per heavy atom. The van der Waals surface area contributed by atoms with E-state index < -0.39 is 5.54 Å². The lowest BCUT2D eigenvalue weighted by atomic mass is 9.93. The molecule has 0 saturated carbocycles. The highest BCUT2D eigenvalue weighted by molar-refractivity contribution is 9.10. The standard InChI is InChI=1S/C17H15BrN2O/c1-21-16-8-3-2-7-15(16)20-17(11-19)10-9-12-13(17)5-4-6-14(12)18/h2-8,20H,9-10H2,1H3. The summed E-state index contributed by atoms with van der Waals surface area (Å²) in [5.41, 5.74) is 2.40. The van der Waals surface area contributed by atoms with Gasteiger partial charge in [0.1, 0.15) is 5.75 Å². The lowest BCUT2D eigenvalue weighted by Gasteiger charge is -2.26. The number of hydrogen-bond donors (Lipinski definition) is 1. The zero-order valence-electron chi connectivity index (χ0n) is 11.7. The maximum absolute atomic E-state index is 9.81. The Labute approximate surface area is 132 Å². The van der Waals surface area contributed by atoms with Crippen molar-refractivity contribution in [2.24, 2.45) is 0 Å². The van der Waals surface area contributed by atoms with Crippen LogP contribution in [0.5, 0.6) is 5.75 Å². The Morgan fingerprint density at radius 3 is 2.81 bits per heavy atom. The molecule has 1 unspecified atom stereocenters. The number of ether oxygens (including phenoxy) is 1. The summed E-state index contributed by atoms with van der Waals surface area (Å²) in [5.74, 6) is 0.746. The molecule has 2 aromatic rings. The molecule has 0 aliphatic heterocycles. The van der Waals surface area contributed by atoms with E-state index in [1.54, 1.807) is 7.11 Å². The van der Waals surface area contributed by atoms with Crippen molar-refractivity contribution in [3.05, 3.63) is 58.1 Å². The van der Waals surface area contributed by atoms with E-state index in [0.29, 0.717) is 0 Å². The van der Waals surface area contributed by atoms with Crippen LogP contribution in [0.3, 0.4) is 0 Å². The molecule has 0 spiro atoms. The van der Waals surface area contributed by atoms with Crippen molar-refractivity contribution >= 4 is 21.6 Å². The SMILES string of the molecule is COc1ccccc1NC1(C#N)CCc2c(Br)cccc21. The van der Waals surface area contributed by atoms with Crippen LogP contribution in [0.1, 0.15) is 17.5 Å². The van der Waals surface area contributed by atoms with Gasteiger partial charge >= 0.3 is 0 Å². The van der Waals surface area contributed by atoms with Crippen molar-refractivity contribution < 1.29 is 4.74 Å². The molecule has 0 saturated heterocycles. The maximum Gasteiger partial charge on any atom is 0.151 e. The minimum atomic E-state index is -0.701. The molecule has 0 bridgehead atoms. The van der Waals surface area contributed by atoms with E-state index >= 15 is 0 Å². The van der Waals surface area contributed by atoms with E-state index in [-0.39, 0.29) is 0 Å². The first kappa shape index (κ1) is 14.0. The van der Waals surface area contributed by atoms with Crippen LogP contribution in [0.25, 0.3) is 0 Å². The van der Waals surface area contributed by atoms with Gasteiger partial charge in [-0.05, 0) is 42.2 Å². The van der Waals surface area contributed by atoms with Gasteiger partial charge in [0, 0.05) is 4.47 Å². The van der Waals surface area contributed by atoms with Crippen LogP contribution in [0.15, 0.2) is 46.9 Å². The maximum atomic E-state index is 9.81. The number of para-hydroxylation sites is 2. The van der Waals surface area contributed by atoms with Crippen molar-refractivity contribution in [1.29, 1.82) is 5.26 Å². The summed E-state index contributed by atoms with van der Waals surface area (Å²) >= 11 is 3.58. The smallest absolute Gasteiger partial charge is 0.151 e. The van der Waals surface area contributed by atoms with Crippen molar-refractivity contribution in [3.63, 3.8) is 0 Å². The highest BCUT2D eigenvalue weighted by atomic mass is 79.9. The van der Waals surface area contributed by atoms with Crippen LogP contribution in [0.4, 0.5) is 5.69 Å². The van der Waals surface area contributed by atoms with E-state index in [2.05, 4.69) is 27.3 Å². The predicted octanol–water partition coefficient (Wildman–Crippen LogP) is 4.23. The number of nitrogens with one attached hydrogen (secondary N) is 1. The Kier molecular flexibility index (Phi) is 3.60. The number of nitriles is 1. The molecule has 1 aliphatic rings. The fraction of sp³-hybridized carbons (Fsp3) is 0.235. The summed E-state index contributed by atoms with van der Waals surface area (Å²) in [7, 11) is 1.64.